The van der Waals surface area contributed by atoms with Crippen LogP contribution in [0.4, 0.5) is 0 Å². The second kappa shape index (κ2) is 6.22. The molecule has 1 aromatic carbocycles. The van der Waals surface area contributed by atoms with Gasteiger partial charge in [-0.1, -0.05) is 6.07 Å². The van der Waals surface area contributed by atoms with Gasteiger partial charge in [0.05, 0.1) is 7.11 Å². The van der Waals surface area contributed by atoms with Gasteiger partial charge in [-0.3, -0.25) is 0 Å². The van der Waals surface area contributed by atoms with Crippen LogP contribution >= 0.6 is 27.3 Å². The summed E-state index contributed by atoms with van der Waals surface area (Å²) in [5.74, 6) is 1.45. The highest BCUT2D eigenvalue weighted by molar-refractivity contribution is 9.10. The smallest absolute Gasteiger partial charge is 0.161 e. The SMILES string of the molecule is COc1cc(CN)ccc1OCc1cc(Br)cs1. The molecule has 96 valence electrons. The fourth-order valence-electron chi connectivity index (χ4n) is 1.54. The van der Waals surface area contributed by atoms with Gasteiger partial charge in [0.25, 0.3) is 0 Å². The first-order valence-electron chi connectivity index (χ1n) is 5.45. The largest absolute Gasteiger partial charge is 0.493 e. The van der Waals surface area contributed by atoms with Crippen molar-refractivity contribution < 1.29 is 9.47 Å². The van der Waals surface area contributed by atoms with Crippen LogP contribution in [-0.4, -0.2) is 7.11 Å². The molecule has 1 heterocycles. The molecule has 0 bridgehead atoms. The fourth-order valence-corrected chi connectivity index (χ4v) is 2.90. The van der Waals surface area contributed by atoms with Crippen molar-refractivity contribution in [2.75, 3.05) is 7.11 Å². The van der Waals surface area contributed by atoms with Crippen molar-refractivity contribution >= 4 is 27.3 Å². The Balaban J connectivity index is 2.08. The van der Waals surface area contributed by atoms with Crippen molar-refractivity contribution in [2.45, 2.75) is 13.2 Å². The molecule has 0 aliphatic rings. The summed E-state index contributed by atoms with van der Waals surface area (Å²) in [7, 11) is 1.63. The minimum atomic E-state index is 0.495. The first-order chi connectivity index (χ1) is 8.72. The topological polar surface area (TPSA) is 44.5 Å². The van der Waals surface area contributed by atoms with Gasteiger partial charge in [0.1, 0.15) is 6.61 Å². The number of thiophene rings is 1. The van der Waals surface area contributed by atoms with E-state index in [-0.39, 0.29) is 0 Å². The lowest BCUT2D eigenvalue weighted by atomic mass is 10.2. The molecule has 5 heteroatoms. The first-order valence-corrected chi connectivity index (χ1v) is 7.13. The van der Waals surface area contributed by atoms with Gasteiger partial charge in [-0.25, -0.2) is 0 Å². The number of rotatable bonds is 5. The number of benzene rings is 1. The molecular formula is C13H14BrNO2S. The van der Waals surface area contributed by atoms with E-state index in [1.807, 2.05) is 29.6 Å². The highest BCUT2D eigenvalue weighted by atomic mass is 79.9. The third-order valence-corrected chi connectivity index (χ3v) is 4.13. The van der Waals surface area contributed by atoms with Crippen molar-refractivity contribution in [3.63, 3.8) is 0 Å². The molecule has 0 unspecified atom stereocenters. The molecule has 0 aliphatic carbocycles. The average molecular weight is 328 g/mol. The van der Waals surface area contributed by atoms with Crippen molar-refractivity contribution in [3.8, 4) is 11.5 Å². The summed E-state index contributed by atoms with van der Waals surface area (Å²) in [4.78, 5) is 1.16. The predicted molar refractivity (Wildman–Crippen MR) is 77.2 cm³/mol. The van der Waals surface area contributed by atoms with E-state index in [9.17, 15) is 0 Å². The molecule has 0 aliphatic heterocycles. The first kappa shape index (κ1) is 13.4. The van der Waals surface area contributed by atoms with Crippen LogP contribution in [0, 0.1) is 0 Å². The van der Waals surface area contributed by atoms with E-state index in [4.69, 9.17) is 15.2 Å². The van der Waals surface area contributed by atoms with E-state index in [0.717, 1.165) is 20.7 Å². The van der Waals surface area contributed by atoms with E-state index in [0.29, 0.717) is 18.9 Å². The van der Waals surface area contributed by atoms with Gasteiger partial charge in [0, 0.05) is 21.3 Å². The molecule has 0 atom stereocenters. The molecule has 0 amide bonds. The zero-order chi connectivity index (χ0) is 13.0. The summed E-state index contributed by atoms with van der Waals surface area (Å²) in [5, 5.41) is 2.04. The molecule has 3 nitrogen and oxygen atoms in total. The molecule has 0 fully saturated rings. The lowest BCUT2D eigenvalue weighted by Gasteiger charge is -2.11. The third-order valence-electron chi connectivity index (χ3n) is 2.46. The van der Waals surface area contributed by atoms with Gasteiger partial charge in [0.2, 0.25) is 0 Å². The summed E-state index contributed by atoms with van der Waals surface area (Å²) < 4.78 is 12.1. The van der Waals surface area contributed by atoms with Crippen LogP contribution in [0.2, 0.25) is 0 Å². The van der Waals surface area contributed by atoms with Crippen LogP contribution in [0.25, 0.3) is 0 Å². The molecule has 0 spiro atoms. The lowest BCUT2D eigenvalue weighted by Crippen LogP contribution is -2.00. The van der Waals surface area contributed by atoms with Gasteiger partial charge in [-0.05, 0) is 39.7 Å². The second-order valence-electron chi connectivity index (χ2n) is 3.71. The zero-order valence-electron chi connectivity index (χ0n) is 9.98. The van der Waals surface area contributed by atoms with Gasteiger partial charge in [-0.15, -0.1) is 11.3 Å². The summed E-state index contributed by atoms with van der Waals surface area (Å²) in [5.41, 5.74) is 6.62. The van der Waals surface area contributed by atoms with Crippen LogP contribution in [0.1, 0.15) is 10.4 Å². The fraction of sp³-hybridized carbons (Fsp3) is 0.231. The molecule has 2 rings (SSSR count). The lowest BCUT2D eigenvalue weighted by molar-refractivity contribution is 0.287. The van der Waals surface area contributed by atoms with E-state index >= 15 is 0 Å². The number of halogens is 1. The van der Waals surface area contributed by atoms with Crippen molar-refractivity contribution in [1.82, 2.24) is 0 Å². The molecule has 2 N–H and O–H groups in total. The van der Waals surface area contributed by atoms with E-state index < -0.39 is 0 Å². The van der Waals surface area contributed by atoms with Crippen molar-refractivity contribution in [3.05, 3.63) is 44.6 Å². The monoisotopic (exact) mass is 327 g/mol. The second-order valence-corrected chi connectivity index (χ2v) is 5.62. The molecule has 2 aromatic rings. The number of methoxy groups -OCH3 is 1. The standard InChI is InChI=1S/C13H14BrNO2S/c1-16-13-4-9(6-15)2-3-12(13)17-7-11-5-10(14)8-18-11/h2-5,8H,6-7,15H2,1H3. The Morgan fingerprint density at radius 3 is 2.72 bits per heavy atom. The maximum atomic E-state index is 5.75. The van der Waals surface area contributed by atoms with Gasteiger partial charge in [-0.2, -0.15) is 0 Å². The van der Waals surface area contributed by atoms with E-state index in [2.05, 4.69) is 15.9 Å². The molecule has 1 aromatic heterocycles. The Kier molecular flexibility index (Phi) is 4.63. The molecule has 0 saturated carbocycles. The Morgan fingerprint density at radius 2 is 2.11 bits per heavy atom. The minimum Gasteiger partial charge on any atom is -0.493 e. The normalized spacial score (nSPS) is 10.4. The third kappa shape index (κ3) is 3.25. The number of nitrogens with two attached hydrogens (primary N) is 1. The maximum Gasteiger partial charge on any atom is 0.161 e. The molecule has 18 heavy (non-hydrogen) atoms. The molecule has 0 saturated heterocycles. The van der Waals surface area contributed by atoms with Crippen LogP contribution < -0.4 is 15.2 Å². The maximum absolute atomic E-state index is 5.75. The zero-order valence-corrected chi connectivity index (χ0v) is 12.4. The van der Waals surface area contributed by atoms with Crippen molar-refractivity contribution in [1.29, 1.82) is 0 Å². The number of hydrogen-bond donors (Lipinski definition) is 1. The average Bonchev–Trinajstić information content (AvgIpc) is 2.82. The van der Waals surface area contributed by atoms with Gasteiger partial charge in [0.15, 0.2) is 11.5 Å². The predicted octanol–water partition coefficient (Wildman–Crippen LogP) is 3.56. The Morgan fingerprint density at radius 1 is 1.28 bits per heavy atom. The molecule has 0 radical (unpaired) electrons. The quantitative estimate of drug-likeness (QED) is 0.913. The summed E-state index contributed by atoms with van der Waals surface area (Å²) in [6, 6.07) is 7.79. The van der Waals surface area contributed by atoms with Crippen LogP contribution in [0.15, 0.2) is 34.1 Å². The summed E-state index contributed by atoms with van der Waals surface area (Å²) >= 11 is 5.08. The Labute approximate surface area is 119 Å². The summed E-state index contributed by atoms with van der Waals surface area (Å²) in [6.07, 6.45) is 0. The minimum absolute atomic E-state index is 0.495. The van der Waals surface area contributed by atoms with Gasteiger partial charge >= 0.3 is 0 Å². The highest BCUT2D eigenvalue weighted by Crippen LogP contribution is 2.29. The van der Waals surface area contributed by atoms with Crippen LogP contribution in [0.5, 0.6) is 11.5 Å². The molecular weight excluding hydrogens is 314 g/mol. The number of ether oxygens (including phenoxy) is 2. The number of hydrogen-bond acceptors (Lipinski definition) is 4. The van der Waals surface area contributed by atoms with Crippen molar-refractivity contribution in [2.24, 2.45) is 5.73 Å². The van der Waals surface area contributed by atoms with Crippen LogP contribution in [-0.2, 0) is 13.2 Å². The van der Waals surface area contributed by atoms with E-state index in [1.165, 1.54) is 0 Å². The summed E-state index contributed by atoms with van der Waals surface area (Å²) in [6.45, 7) is 1.03. The highest BCUT2D eigenvalue weighted by Gasteiger charge is 2.06. The Bertz CT molecular complexity index is 527. The Hall–Kier alpha value is -1.04. The van der Waals surface area contributed by atoms with E-state index in [1.54, 1.807) is 18.4 Å². The van der Waals surface area contributed by atoms with Crippen LogP contribution in [0.3, 0.4) is 0 Å². The van der Waals surface area contributed by atoms with Gasteiger partial charge < -0.3 is 15.2 Å².